The van der Waals surface area contributed by atoms with Crippen LogP contribution in [0.3, 0.4) is 0 Å². The Morgan fingerprint density at radius 3 is 2.20 bits per heavy atom. The van der Waals surface area contributed by atoms with Crippen LogP contribution in [0.2, 0.25) is 0 Å². The molecule has 0 bridgehead atoms. The van der Waals surface area contributed by atoms with Crippen LogP contribution < -0.4 is 10.1 Å². The number of carbonyl (C=O) groups is 2. The van der Waals surface area contributed by atoms with Crippen molar-refractivity contribution in [3.63, 3.8) is 0 Å². The van der Waals surface area contributed by atoms with Crippen LogP contribution in [0.1, 0.15) is 44.7 Å². The van der Waals surface area contributed by atoms with Gasteiger partial charge in [-0.25, -0.2) is 4.39 Å². The largest absolute Gasteiger partial charge is 0.484 e. The summed E-state index contributed by atoms with van der Waals surface area (Å²) in [4.78, 5) is 27.2. The maximum absolute atomic E-state index is 13.3. The number of aryl methyl sites for hydroxylation is 1. The zero-order valence-electron chi connectivity index (χ0n) is 18.0. The second-order valence-corrected chi connectivity index (χ2v) is 7.15. The zero-order chi connectivity index (χ0) is 21.9. The molecule has 1 N–H and O–H groups in total. The second kappa shape index (κ2) is 12.0. The predicted molar refractivity (Wildman–Crippen MR) is 116 cm³/mol. The third kappa shape index (κ3) is 6.87. The lowest BCUT2D eigenvalue weighted by Crippen LogP contribution is -2.50. The molecule has 162 valence electrons. The molecule has 1 atom stereocenters. The topological polar surface area (TPSA) is 58.6 Å². The molecule has 0 spiro atoms. The lowest BCUT2D eigenvalue weighted by atomic mass is 10.1. The van der Waals surface area contributed by atoms with Crippen molar-refractivity contribution in [2.45, 2.75) is 52.6 Å². The lowest BCUT2D eigenvalue weighted by Gasteiger charge is -2.30. The van der Waals surface area contributed by atoms with Crippen molar-refractivity contribution in [2.24, 2.45) is 0 Å². The van der Waals surface area contributed by atoms with Crippen LogP contribution in [0, 0.1) is 5.82 Å². The summed E-state index contributed by atoms with van der Waals surface area (Å²) in [5.41, 5.74) is 1.93. The number of ether oxygens (including phenoxy) is 1. The first-order valence-electron chi connectivity index (χ1n) is 10.5. The van der Waals surface area contributed by atoms with Crippen molar-refractivity contribution >= 4 is 11.8 Å². The molecule has 0 aliphatic carbocycles. The molecule has 0 radical (unpaired) electrons. The number of benzene rings is 2. The summed E-state index contributed by atoms with van der Waals surface area (Å²) in [7, 11) is 0. The summed E-state index contributed by atoms with van der Waals surface area (Å²) in [5.74, 6) is -0.228. The van der Waals surface area contributed by atoms with Gasteiger partial charge in [0.15, 0.2) is 6.61 Å². The fraction of sp³-hybridized carbons (Fsp3) is 0.417. The number of rotatable bonds is 11. The molecule has 0 saturated heterocycles. The highest BCUT2D eigenvalue weighted by molar-refractivity contribution is 5.88. The van der Waals surface area contributed by atoms with Gasteiger partial charge in [0.2, 0.25) is 5.91 Å². The summed E-state index contributed by atoms with van der Waals surface area (Å²) in [5, 5.41) is 2.87. The van der Waals surface area contributed by atoms with Crippen molar-refractivity contribution in [1.29, 1.82) is 0 Å². The van der Waals surface area contributed by atoms with Crippen molar-refractivity contribution in [2.75, 3.05) is 13.2 Å². The van der Waals surface area contributed by atoms with Gasteiger partial charge in [0, 0.05) is 13.1 Å². The molecule has 0 fully saturated rings. The standard InChI is InChI=1S/C24H31FN2O3/c1-4-15-26-24(29)22(6-3)27(16-19-7-11-20(25)12-8-19)23(28)17-30-21-13-9-18(5-2)10-14-21/h7-14,22H,4-6,15-17H2,1-3H3,(H,26,29)/t22-/m0/s1. The van der Waals surface area contributed by atoms with Gasteiger partial charge in [-0.3, -0.25) is 9.59 Å². The van der Waals surface area contributed by atoms with Crippen LogP contribution in [-0.4, -0.2) is 35.9 Å². The number of hydrogen-bond acceptors (Lipinski definition) is 3. The summed E-state index contributed by atoms with van der Waals surface area (Å²) in [6.07, 6.45) is 2.20. The third-order valence-corrected chi connectivity index (χ3v) is 4.90. The molecule has 0 aromatic heterocycles. The molecule has 0 saturated carbocycles. The molecule has 2 aromatic rings. The van der Waals surface area contributed by atoms with Gasteiger partial charge in [0.25, 0.3) is 5.91 Å². The SMILES string of the molecule is CCCNC(=O)[C@H](CC)N(Cc1ccc(F)cc1)C(=O)COc1ccc(CC)cc1. The summed E-state index contributed by atoms with van der Waals surface area (Å²) in [6, 6.07) is 12.9. The van der Waals surface area contributed by atoms with E-state index in [-0.39, 0.29) is 30.8 Å². The van der Waals surface area contributed by atoms with E-state index >= 15 is 0 Å². The summed E-state index contributed by atoms with van der Waals surface area (Å²) < 4.78 is 19.0. The van der Waals surface area contributed by atoms with Crippen molar-refractivity contribution in [3.05, 3.63) is 65.5 Å². The van der Waals surface area contributed by atoms with Crippen molar-refractivity contribution in [1.82, 2.24) is 10.2 Å². The fourth-order valence-electron chi connectivity index (χ4n) is 3.12. The van der Waals surface area contributed by atoms with Gasteiger partial charge in [0.05, 0.1) is 0 Å². The van der Waals surface area contributed by atoms with E-state index in [1.165, 1.54) is 22.6 Å². The summed E-state index contributed by atoms with van der Waals surface area (Å²) in [6.45, 7) is 6.49. The highest BCUT2D eigenvalue weighted by atomic mass is 19.1. The van der Waals surface area contributed by atoms with Gasteiger partial charge in [-0.05, 0) is 54.7 Å². The minimum Gasteiger partial charge on any atom is -0.484 e. The van der Waals surface area contributed by atoms with E-state index in [9.17, 15) is 14.0 Å². The van der Waals surface area contributed by atoms with E-state index in [4.69, 9.17) is 4.74 Å². The van der Waals surface area contributed by atoms with Gasteiger partial charge >= 0.3 is 0 Å². The molecule has 2 rings (SSSR count). The maximum Gasteiger partial charge on any atom is 0.261 e. The van der Waals surface area contributed by atoms with Gasteiger partial charge in [-0.2, -0.15) is 0 Å². The van der Waals surface area contributed by atoms with Gasteiger partial charge in [-0.15, -0.1) is 0 Å². The Balaban J connectivity index is 2.15. The lowest BCUT2D eigenvalue weighted by molar-refractivity contribution is -0.143. The average Bonchev–Trinajstić information content (AvgIpc) is 2.77. The minimum absolute atomic E-state index is 0.176. The third-order valence-electron chi connectivity index (χ3n) is 4.90. The number of nitrogens with one attached hydrogen (secondary N) is 1. The van der Waals surface area contributed by atoms with Crippen molar-refractivity contribution in [3.8, 4) is 5.75 Å². The molecule has 6 heteroatoms. The first-order valence-corrected chi connectivity index (χ1v) is 10.5. The Morgan fingerprint density at radius 1 is 1.00 bits per heavy atom. The Morgan fingerprint density at radius 2 is 1.63 bits per heavy atom. The molecule has 0 aliphatic heterocycles. The van der Waals surface area contributed by atoms with Crippen LogP contribution in [-0.2, 0) is 22.6 Å². The minimum atomic E-state index is -0.625. The highest BCUT2D eigenvalue weighted by Crippen LogP contribution is 2.16. The fourth-order valence-corrected chi connectivity index (χ4v) is 3.12. The Bertz CT molecular complexity index is 806. The van der Waals surface area contributed by atoms with E-state index < -0.39 is 6.04 Å². The maximum atomic E-state index is 13.3. The molecule has 0 heterocycles. The monoisotopic (exact) mass is 414 g/mol. The number of carbonyl (C=O) groups excluding carboxylic acids is 2. The molecule has 0 aliphatic rings. The molecule has 30 heavy (non-hydrogen) atoms. The number of hydrogen-bond donors (Lipinski definition) is 1. The van der Waals surface area contributed by atoms with Crippen LogP contribution in [0.4, 0.5) is 4.39 Å². The Hall–Kier alpha value is -2.89. The van der Waals surface area contributed by atoms with Crippen molar-refractivity contribution < 1.29 is 18.7 Å². The van der Waals surface area contributed by atoms with Gasteiger partial charge in [0.1, 0.15) is 17.6 Å². The van der Waals surface area contributed by atoms with E-state index in [0.29, 0.717) is 18.7 Å². The number of halogens is 1. The molecular formula is C24H31FN2O3. The van der Waals surface area contributed by atoms with E-state index in [1.807, 2.05) is 38.1 Å². The quantitative estimate of drug-likeness (QED) is 0.602. The predicted octanol–water partition coefficient (Wildman–Crippen LogP) is 4.10. The zero-order valence-corrected chi connectivity index (χ0v) is 18.0. The second-order valence-electron chi connectivity index (χ2n) is 7.15. The number of nitrogens with zero attached hydrogens (tertiary/aromatic N) is 1. The Kier molecular flexibility index (Phi) is 9.32. The first-order chi connectivity index (χ1) is 14.5. The highest BCUT2D eigenvalue weighted by Gasteiger charge is 2.28. The first kappa shape index (κ1) is 23.4. The summed E-state index contributed by atoms with van der Waals surface area (Å²) >= 11 is 0. The average molecular weight is 415 g/mol. The normalized spacial score (nSPS) is 11.6. The van der Waals surface area contributed by atoms with Crippen LogP contribution in [0.15, 0.2) is 48.5 Å². The van der Waals surface area contributed by atoms with Gasteiger partial charge < -0.3 is 15.0 Å². The number of amides is 2. The molecule has 2 amide bonds. The van der Waals surface area contributed by atoms with E-state index in [0.717, 1.165) is 18.4 Å². The van der Waals surface area contributed by atoms with E-state index in [2.05, 4.69) is 12.2 Å². The molecular weight excluding hydrogens is 383 g/mol. The van der Waals surface area contributed by atoms with Crippen LogP contribution in [0.25, 0.3) is 0 Å². The molecule has 5 nitrogen and oxygen atoms in total. The van der Waals surface area contributed by atoms with Crippen LogP contribution >= 0.6 is 0 Å². The van der Waals surface area contributed by atoms with Crippen LogP contribution in [0.5, 0.6) is 5.75 Å². The van der Waals surface area contributed by atoms with Gasteiger partial charge in [-0.1, -0.05) is 45.0 Å². The molecule has 2 aromatic carbocycles. The molecule has 0 unspecified atom stereocenters. The smallest absolute Gasteiger partial charge is 0.261 e. The Labute approximate surface area is 178 Å². The van der Waals surface area contributed by atoms with E-state index in [1.54, 1.807) is 12.1 Å².